The van der Waals surface area contributed by atoms with E-state index in [0.29, 0.717) is 0 Å². The molecule has 1 aromatic rings. The van der Waals surface area contributed by atoms with Gasteiger partial charge in [-0.2, -0.15) is 0 Å². The first kappa shape index (κ1) is 10.4. The number of aliphatic hydroxyl groups is 2. The molecule has 0 amide bonds. The second kappa shape index (κ2) is 4.03. The molecule has 0 radical (unpaired) electrons. The van der Waals surface area contributed by atoms with Gasteiger partial charge < -0.3 is 20.4 Å². The normalized spacial score (nSPS) is 14.7. The van der Waals surface area contributed by atoms with Crippen molar-refractivity contribution in [1.29, 1.82) is 0 Å². The monoisotopic (exact) mass is 199 g/mol. The molecule has 0 spiro atoms. The number of carboxylic acids is 1. The van der Waals surface area contributed by atoms with Gasteiger partial charge >= 0.3 is 5.97 Å². The molecule has 4 N–H and O–H groups in total. The van der Waals surface area contributed by atoms with Crippen molar-refractivity contribution in [3.63, 3.8) is 0 Å². The maximum atomic E-state index is 10.3. The lowest BCUT2D eigenvalue weighted by molar-refractivity contribution is -0.153. The van der Waals surface area contributed by atoms with Crippen molar-refractivity contribution in [2.24, 2.45) is 0 Å². The molecule has 0 aliphatic heterocycles. The number of carbonyl (C=O) groups is 1. The third kappa shape index (κ3) is 1.98. The van der Waals surface area contributed by atoms with Crippen molar-refractivity contribution in [3.05, 3.63) is 24.0 Å². The molecule has 0 fully saturated rings. The number of nitrogens with zero attached hydrogens (tertiary/aromatic N) is 1. The molecule has 1 aromatic heterocycles. The summed E-state index contributed by atoms with van der Waals surface area (Å²) < 4.78 is 0. The quantitative estimate of drug-likeness (QED) is 0.510. The fourth-order valence-corrected chi connectivity index (χ4v) is 0.921. The first-order valence-electron chi connectivity index (χ1n) is 3.77. The van der Waals surface area contributed by atoms with Gasteiger partial charge in [0.2, 0.25) is 0 Å². The van der Waals surface area contributed by atoms with E-state index in [2.05, 4.69) is 4.98 Å². The largest absolute Gasteiger partial charge is 0.506 e. The Balaban J connectivity index is 2.94. The SMILES string of the molecule is O=C(O)C(O)C(O)c1ncccc1O. The van der Waals surface area contributed by atoms with Gasteiger partial charge in [-0.15, -0.1) is 0 Å². The number of aliphatic carboxylic acids is 1. The van der Waals surface area contributed by atoms with Crippen LogP contribution in [0.3, 0.4) is 0 Å². The van der Waals surface area contributed by atoms with E-state index in [4.69, 9.17) is 10.2 Å². The Bertz CT molecular complexity index is 340. The van der Waals surface area contributed by atoms with Crippen molar-refractivity contribution >= 4 is 5.97 Å². The van der Waals surface area contributed by atoms with Crippen molar-refractivity contribution in [1.82, 2.24) is 4.98 Å². The van der Waals surface area contributed by atoms with E-state index in [-0.39, 0.29) is 11.4 Å². The predicted octanol–water partition coefficient (Wildman–Crippen LogP) is -0.734. The molecule has 0 aliphatic rings. The van der Waals surface area contributed by atoms with E-state index in [1.807, 2.05) is 0 Å². The number of hydrogen-bond acceptors (Lipinski definition) is 5. The smallest absolute Gasteiger partial charge is 0.335 e. The van der Waals surface area contributed by atoms with E-state index in [1.165, 1.54) is 18.3 Å². The Morgan fingerprint density at radius 3 is 2.57 bits per heavy atom. The first-order valence-corrected chi connectivity index (χ1v) is 3.77. The van der Waals surface area contributed by atoms with Crippen LogP contribution in [0.1, 0.15) is 11.8 Å². The van der Waals surface area contributed by atoms with Gasteiger partial charge in [-0.1, -0.05) is 0 Å². The summed E-state index contributed by atoms with van der Waals surface area (Å²) >= 11 is 0. The van der Waals surface area contributed by atoms with Crippen LogP contribution in [0.4, 0.5) is 0 Å². The van der Waals surface area contributed by atoms with E-state index < -0.39 is 18.2 Å². The molecule has 6 heteroatoms. The zero-order valence-electron chi connectivity index (χ0n) is 7.03. The fourth-order valence-electron chi connectivity index (χ4n) is 0.921. The van der Waals surface area contributed by atoms with E-state index in [1.54, 1.807) is 0 Å². The van der Waals surface area contributed by atoms with Crippen LogP contribution in [0.5, 0.6) is 5.75 Å². The summed E-state index contributed by atoms with van der Waals surface area (Å²) in [6.45, 7) is 0. The highest BCUT2D eigenvalue weighted by Gasteiger charge is 2.28. The summed E-state index contributed by atoms with van der Waals surface area (Å²) in [5.41, 5.74) is -0.262. The minimum atomic E-state index is -2.00. The highest BCUT2D eigenvalue weighted by atomic mass is 16.4. The molecule has 0 bridgehead atoms. The summed E-state index contributed by atoms with van der Waals surface area (Å²) in [6.07, 6.45) is -2.48. The molecule has 0 aromatic carbocycles. The lowest BCUT2D eigenvalue weighted by atomic mass is 10.1. The second-order valence-electron chi connectivity index (χ2n) is 2.64. The van der Waals surface area contributed by atoms with Gasteiger partial charge in [0.05, 0.1) is 0 Å². The summed E-state index contributed by atoms with van der Waals surface area (Å²) in [7, 11) is 0. The van der Waals surface area contributed by atoms with Crippen LogP contribution in [-0.2, 0) is 4.79 Å². The average Bonchev–Trinajstić information content (AvgIpc) is 2.16. The van der Waals surface area contributed by atoms with Gasteiger partial charge in [0, 0.05) is 6.20 Å². The number of carboxylic acid groups (broad SMARTS) is 1. The summed E-state index contributed by atoms with van der Waals surface area (Å²) in [5, 5.41) is 35.8. The number of aromatic hydroxyl groups is 1. The van der Waals surface area contributed by atoms with Crippen molar-refractivity contribution in [3.8, 4) is 5.75 Å². The zero-order chi connectivity index (χ0) is 10.7. The van der Waals surface area contributed by atoms with Gasteiger partial charge in [-0.05, 0) is 12.1 Å². The maximum Gasteiger partial charge on any atom is 0.335 e. The Labute approximate surface area is 79.1 Å². The van der Waals surface area contributed by atoms with E-state index in [0.717, 1.165) is 0 Å². The molecule has 6 nitrogen and oxygen atoms in total. The third-order valence-electron chi connectivity index (χ3n) is 1.65. The Morgan fingerprint density at radius 2 is 2.07 bits per heavy atom. The number of aliphatic hydroxyl groups excluding tert-OH is 2. The Morgan fingerprint density at radius 1 is 1.43 bits per heavy atom. The average molecular weight is 199 g/mol. The summed E-state index contributed by atoms with van der Waals surface area (Å²) in [4.78, 5) is 13.9. The Kier molecular flexibility index (Phi) is 3.00. The van der Waals surface area contributed by atoms with Gasteiger partial charge in [0.15, 0.2) is 6.10 Å². The molecule has 2 unspecified atom stereocenters. The summed E-state index contributed by atoms with van der Waals surface area (Å²) in [6, 6.07) is 2.65. The predicted molar refractivity (Wildman–Crippen MR) is 44.5 cm³/mol. The van der Waals surface area contributed by atoms with Crippen LogP contribution < -0.4 is 0 Å². The van der Waals surface area contributed by atoms with Gasteiger partial charge in [0.25, 0.3) is 0 Å². The third-order valence-corrected chi connectivity index (χ3v) is 1.65. The van der Waals surface area contributed by atoms with Crippen LogP contribution in [0.15, 0.2) is 18.3 Å². The second-order valence-corrected chi connectivity index (χ2v) is 2.64. The fraction of sp³-hybridized carbons (Fsp3) is 0.250. The number of pyridine rings is 1. The summed E-state index contributed by atoms with van der Waals surface area (Å²) in [5.74, 6) is -1.94. The zero-order valence-corrected chi connectivity index (χ0v) is 7.03. The maximum absolute atomic E-state index is 10.3. The van der Waals surface area contributed by atoms with Gasteiger partial charge in [-0.3, -0.25) is 4.98 Å². The molecule has 14 heavy (non-hydrogen) atoms. The minimum absolute atomic E-state index is 0.262. The molecule has 2 atom stereocenters. The van der Waals surface area contributed by atoms with Crippen LogP contribution in [0.2, 0.25) is 0 Å². The molecular formula is C8H9NO5. The molecule has 0 aliphatic carbocycles. The molecular weight excluding hydrogens is 190 g/mol. The van der Waals surface area contributed by atoms with E-state index in [9.17, 15) is 15.0 Å². The van der Waals surface area contributed by atoms with Crippen LogP contribution in [0.25, 0.3) is 0 Å². The number of rotatable bonds is 3. The highest BCUT2D eigenvalue weighted by Crippen LogP contribution is 2.23. The van der Waals surface area contributed by atoms with Crippen LogP contribution in [0, 0.1) is 0 Å². The van der Waals surface area contributed by atoms with Gasteiger partial charge in [0.1, 0.15) is 17.5 Å². The topological polar surface area (TPSA) is 111 Å². The molecule has 1 rings (SSSR count). The van der Waals surface area contributed by atoms with Gasteiger partial charge in [-0.25, -0.2) is 4.79 Å². The first-order chi connectivity index (χ1) is 6.54. The minimum Gasteiger partial charge on any atom is -0.506 e. The molecule has 1 heterocycles. The van der Waals surface area contributed by atoms with E-state index >= 15 is 0 Å². The molecule has 76 valence electrons. The standard InChI is InChI=1S/C8H9NO5/c10-4-2-1-3-9-5(4)6(11)7(12)8(13)14/h1-3,6-7,10-12H,(H,13,14). The number of hydrogen-bond donors (Lipinski definition) is 4. The van der Waals surface area contributed by atoms with Crippen molar-refractivity contribution < 1.29 is 25.2 Å². The Hall–Kier alpha value is -1.66. The van der Waals surface area contributed by atoms with Crippen LogP contribution >= 0.6 is 0 Å². The lowest BCUT2D eigenvalue weighted by Crippen LogP contribution is -2.28. The lowest BCUT2D eigenvalue weighted by Gasteiger charge is -2.13. The molecule has 0 saturated heterocycles. The van der Waals surface area contributed by atoms with Crippen molar-refractivity contribution in [2.75, 3.05) is 0 Å². The number of aromatic nitrogens is 1. The molecule has 0 saturated carbocycles. The van der Waals surface area contributed by atoms with Crippen LogP contribution in [-0.4, -0.2) is 37.5 Å². The van der Waals surface area contributed by atoms with Crippen molar-refractivity contribution in [2.45, 2.75) is 12.2 Å². The highest BCUT2D eigenvalue weighted by molar-refractivity contribution is 5.73.